The minimum absolute atomic E-state index is 0.222. The lowest BCUT2D eigenvalue weighted by Crippen LogP contribution is -2.43. The predicted octanol–water partition coefficient (Wildman–Crippen LogP) is 2.29. The minimum atomic E-state index is -3.63. The SMILES string of the molecule is COc1ccc(S(=O)(=O)N2CCC[C@@H]2CNC(=O)c2cccc(OC)c2)cc1. The molecule has 3 rings (SSSR count). The van der Waals surface area contributed by atoms with Gasteiger partial charge >= 0.3 is 0 Å². The zero-order valence-electron chi connectivity index (χ0n) is 15.9. The lowest BCUT2D eigenvalue weighted by Gasteiger charge is -2.24. The third kappa shape index (κ3) is 4.28. The fourth-order valence-corrected chi connectivity index (χ4v) is 4.98. The van der Waals surface area contributed by atoms with Crippen LogP contribution >= 0.6 is 0 Å². The van der Waals surface area contributed by atoms with Crippen LogP contribution in [-0.2, 0) is 10.0 Å². The van der Waals surface area contributed by atoms with E-state index in [1.165, 1.54) is 18.5 Å². The van der Waals surface area contributed by atoms with Crippen molar-refractivity contribution in [2.45, 2.75) is 23.8 Å². The van der Waals surface area contributed by atoms with Crippen LogP contribution in [0.2, 0.25) is 0 Å². The van der Waals surface area contributed by atoms with Gasteiger partial charge in [-0.3, -0.25) is 4.79 Å². The third-order valence-corrected chi connectivity index (χ3v) is 6.79. The standard InChI is InChI=1S/C20H24N2O5S/c1-26-17-8-10-19(11-9-17)28(24,25)22-12-4-6-16(22)14-21-20(23)15-5-3-7-18(13-15)27-2/h3,5,7-11,13,16H,4,6,12,14H2,1-2H3,(H,21,23)/t16-/m1/s1. The predicted molar refractivity (Wildman–Crippen MR) is 105 cm³/mol. The van der Waals surface area contributed by atoms with Crippen LogP contribution in [0.15, 0.2) is 53.4 Å². The van der Waals surface area contributed by atoms with Gasteiger partial charge in [0.2, 0.25) is 10.0 Å². The van der Waals surface area contributed by atoms with Gasteiger partial charge in [0, 0.05) is 24.7 Å². The summed E-state index contributed by atoms with van der Waals surface area (Å²) in [6.07, 6.45) is 1.46. The van der Waals surface area contributed by atoms with Crippen LogP contribution in [0.3, 0.4) is 0 Å². The van der Waals surface area contributed by atoms with Gasteiger partial charge in [0.25, 0.3) is 5.91 Å². The Labute approximate surface area is 165 Å². The zero-order chi connectivity index (χ0) is 20.1. The molecule has 2 aromatic carbocycles. The number of carbonyl (C=O) groups is 1. The molecule has 0 saturated carbocycles. The highest BCUT2D eigenvalue weighted by atomic mass is 32.2. The maximum absolute atomic E-state index is 13.0. The van der Waals surface area contributed by atoms with Crippen molar-refractivity contribution in [3.63, 3.8) is 0 Å². The van der Waals surface area contributed by atoms with Crippen LogP contribution in [0, 0.1) is 0 Å². The Morgan fingerprint density at radius 2 is 1.82 bits per heavy atom. The second kappa shape index (κ2) is 8.62. The molecule has 0 aromatic heterocycles. The molecule has 7 nitrogen and oxygen atoms in total. The molecule has 0 radical (unpaired) electrons. The van der Waals surface area contributed by atoms with E-state index in [0.29, 0.717) is 30.0 Å². The Morgan fingerprint density at radius 3 is 2.50 bits per heavy atom. The molecule has 28 heavy (non-hydrogen) atoms. The van der Waals surface area contributed by atoms with Gasteiger partial charge in [-0.2, -0.15) is 4.31 Å². The van der Waals surface area contributed by atoms with Crippen molar-refractivity contribution in [1.82, 2.24) is 9.62 Å². The van der Waals surface area contributed by atoms with Crippen molar-refractivity contribution in [3.8, 4) is 11.5 Å². The highest BCUT2D eigenvalue weighted by Gasteiger charge is 2.35. The number of rotatable bonds is 7. The molecule has 0 bridgehead atoms. The average Bonchev–Trinajstić information content (AvgIpc) is 3.21. The van der Waals surface area contributed by atoms with E-state index in [4.69, 9.17) is 9.47 Å². The number of amides is 1. The van der Waals surface area contributed by atoms with Gasteiger partial charge in [-0.1, -0.05) is 6.07 Å². The first-order valence-electron chi connectivity index (χ1n) is 9.04. The monoisotopic (exact) mass is 404 g/mol. The lowest BCUT2D eigenvalue weighted by atomic mass is 10.2. The zero-order valence-corrected chi connectivity index (χ0v) is 16.7. The minimum Gasteiger partial charge on any atom is -0.497 e. The lowest BCUT2D eigenvalue weighted by molar-refractivity contribution is 0.0946. The molecule has 1 amide bonds. The molecule has 0 aliphatic carbocycles. The molecule has 150 valence electrons. The molecule has 1 fully saturated rings. The third-order valence-electron chi connectivity index (χ3n) is 4.82. The Hall–Kier alpha value is -2.58. The first-order chi connectivity index (χ1) is 13.5. The quantitative estimate of drug-likeness (QED) is 0.765. The van der Waals surface area contributed by atoms with Gasteiger partial charge in [0.05, 0.1) is 19.1 Å². The molecule has 2 aromatic rings. The molecule has 0 spiro atoms. The van der Waals surface area contributed by atoms with E-state index in [2.05, 4.69) is 5.32 Å². The number of benzene rings is 2. The van der Waals surface area contributed by atoms with E-state index >= 15 is 0 Å². The van der Waals surface area contributed by atoms with Crippen LogP contribution in [-0.4, -0.2) is 52.0 Å². The summed E-state index contributed by atoms with van der Waals surface area (Å²) in [6.45, 7) is 0.694. The smallest absolute Gasteiger partial charge is 0.251 e. The maximum Gasteiger partial charge on any atom is 0.251 e. The van der Waals surface area contributed by atoms with E-state index in [1.54, 1.807) is 48.5 Å². The largest absolute Gasteiger partial charge is 0.497 e. The molecule has 0 unspecified atom stereocenters. The van der Waals surface area contributed by atoms with E-state index in [1.807, 2.05) is 0 Å². The molecule has 1 N–H and O–H groups in total. The summed E-state index contributed by atoms with van der Waals surface area (Å²) in [4.78, 5) is 12.6. The average molecular weight is 404 g/mol. The van der Waals surface area contributed by atoms with Crippen molar-refractivity contribution in [3.05, 3.63) is 54.1 Å². The summed E-state index contributed by atoms with van der Waals surface area (Å²) in [5, 5.41) is 2.84. The van der Waals surface area contributed by atoms with Gasteiger partial charge in [0.1, 0.15) is 11.5 Å². The van der Waals surface area contributed by atoms with Crippen molar-refractivity contribution in [2.24, 2.45) is 0 Å². The summed E-state index contributed by atoms with van der Waals surface area (Å²) in [5.41, 5.74) is 0.474. The van der Waals surface area contributed by atoms with Crippen LogP contribution in [0.4, 0.5) is 0 Å². The molecule has 1 heterocycles. The first kappa shape index (κ1) is 20.2. The molecule has 1 aliphatic rings. The molecule has 1 atom stereocenters. The number of hydrogen-bond acceptors (Lipinski definition) is 5. The second-order valence-electron chi connectivity index (χ2n) is 6.53. The first-order valence-corrected chi connectivity index (χ1v) is 10.5. The molecule has 1 aliphatic heterocycles. The summed E-state index contributed by atoms with van der Waals surface area (Å²) in [7, 11) is -0.558. The molecule has 1 saturated heterocycles. The second-order valence-corrected chi connectivity index (χ2v) is 8.42. The normalized spacial score (nSPS) is 17.3. The van der Waals surface area contributed by atoms with Gasteiger partial charge in [0.15, 0.2) is 0 Å². The maximum atomic E-state index is 13.0. The van der Waals surface area contributed by atoms with Crippen LogP contribution in [0.1, 0.15) is 23.2 Å². The van der Waals surface area contributed by atoms with Crippen LogP contribution in [0.5, 0.6) is 11.5 Å². The molecule has 8 heteroatoms. The summed E-state index contributed by atoms with van der Waals surface area (Å²) >= 11 is 0. The number of ether oxygens (including phenoxy) is 2. The number of nitrogens with zero attached hydrogens (tertiary/aromatic N) is 1. The van der Waals surface area contributed by atoms with Gasteiger partial charge in [-0.25, -0.2) is 8.42 Å². The van der Waals surface area contributed by atoms with Gasteiger partial charge in [-0.05, 0) is 55.3 Å². The van der Waals surface area contributed by atoms with Crippen molar-refractivity contribution in [2.75, 3.05) is 27.3 Å². The van der Waals surface area contributed by atoms with E-state index in [-0.39, 0.29) is 23.4 Å². The summed E-state index contributed by atoms with van der Waals surface area (Å²) in [6, 6.07) is 12.9. The number of hydrogen-bond donors (Lipinski definition) is 1. The van der Waals surface area contributed by atoms with Crippen LogP contribution in [0.25, 0.3) is 0 Å². The van der Waals surface area contributed by atoms with Gasteiger partial charge < -0.3 is 14.8 Å². The van der Waals surface area contributed by atoms with Crippen molar-refractivity contribution < 1.29 is 22.7 Å². The van der Waals surface area contributed by atoms with E-state index in [9.17, 15) is 13.2 Å². The number of methoxy groups -OCH3 is 2. The van der Waals surface area contributed by atoms with E-state index < -0.39 is 10.0 Å². The Kier molecular flexibility index (Phi) is 6.21. The van der Waals surface area contributed by atoms with Crippen molar-refractivity contribution in [1.29, 1.82) is 0 Å². The Bertz CT molecular complexity index is 928. The highest BCUT2D eigenvalue weighted by molar-refractivity contribution is 7.89. The number of nitrogens with one attached hydrogen (secondary N) is 1. The number of carbonyl (C=O) groups excluding carboxylic acids is 1. The fraction of sp³-hybridized carbons (Fsp3) is 0.350. The highest BCUT2D eigenvalue weighted by Crippen LogP contribution is 2.27. The Morgan fingerprint density at radius 1 is 1.11 bits per heavy atom. The molecular formula is C20H24N2O5S. The Balaban J connectivity index is 1.69. The van der Waals surface area contributed by atoms with E-state index in [0.717, 1.165) is 6.42 Å². The summed E-state index contributed by atoms with van der Waals surface area (Å²) < 4.78 is 37.7. The fourth-order valence-electron chi connectivity index (χ4n) is 3.29. The number of sulfonamides is 1. The van der Waals surface area contributed by atoms with Crippen molar-refractivity contribution >= 4 is 15.9 Å². The topological polar surface area (TPSA) is 84.9 Å². The van der Waals surface area contributed by atoms with Crippen LogP contribution < -0.4 is 14.8 Å². The van der Waals surface area contributed by atoms with Gasteiger partial charge in [-0.15, -0.1) is 0 Å². The summed E-state index contributed by atoms with van der Waals surface area (Å²) in [5.74, 6) is 0.937. The molecular weight excluding hydrogens is 380 g/mol.